The highest BCUT2D eigenvalue weighted by molar-refractivity contribution is 5.98. The van der Waals surface area contributed by atoms with Gasteiger partial charge >= 0.3 is 11.9 Å². The number of cyclic esters (lactones) is 2. The normalized spacial score (nSPS) is 55.0. The number of allylic oxidation sites excluding steroid dienone is 1. The molecule has 3 aliphatic heterocycles. The second kappa shape index (κ2) is 6.24. The number of hydrogen-bond acceptors (Lipinski definition) is 6. The Kier molecular flexibility index (Phi) is 3.91. The van der Waals surface area contributed by atoms with Gasteiger partial charge in [0.1, 0.15) is 11.7 Å². The Morgan fingerprint density at radius 1 is 1.00 bits per heavy atom. The van der Waals surface area contributed by atoms with E-state index in [1.165, 1.54) is 0 Å². The van der Waals surface area contributed by atoms with Crippen molar-refractivity contribution in [1.82, 2.24) is 0 Å². The summed E-state index contributed by atoms with van der Waals surface area (Å²) in [5.74, 6) is 0.550. The van der Waals surface area contributed by atoms with Crippen LogP contribution in [0.15, 0.2) is 23.3 Å². The van der Waals surface area contributed by atoms with Gasteiger partial charge in [-0.25, -0.2) is 4.79 Å². The van der Waals surface area contributed by atoms with Crippen LogP contribution >= 0.6 is 0 Å². The quantitative estimate of drug-likeness (QED) is 0.428. The van der Waals surface area contributed by atoms with E-state index in [1.807, 2.05) is 19.9 Å². The van der Waals surface area contributed by atoms with Gasteiger partial charge in [0.05, 0.1) is 16.9 Å². The van der Waals surface area contributed by atoms with Gasteiger partial charge in [-0.15, -0.1) is 0 Å². The van der Waals surface area contributed by atoms with Crippen molar-refractivity contribution in [1.29, 1.82) is 0 Å². The van der Waals surface area contributed by atoms with Crippen molar-refractivity contribution in [2.45, 2.75) is 96.1 Å². The third kappa shape index (κ3) is 2.13. The minimum Gasteiger partial charge on any atom is -0.455 e. The topological polar surface area (TPSA) is 82.2 Å². The smallest absolute Gasteiger partial charge is 0.334 e. The summed E-state index contributed by atoms with van der Waals surface area (Å²) < 4.78 is 18.5. The molecule has 182 valence electrons. The predicted molar refractivity (Wildman–Crippen MR) is 121 cm³/mol. The van der Waals surface area contributed by atoms with Gasteiger partial charge in [0.2, 0.25) is 0 Å². The van der Waals surface area contributed by atoms with Gasteiger partial charge in [-0.1, -0.05) is 11.6 Å². The molecular formula is C28H34O6. The Balaban J connectivity index is 1.25. The SMILES string of the molecule is CC1=C(C)C(=O)OC(C2(C)OC(=O)C34CCC5C(CC6OC67CC=CC(=O)[C@]57C)C3CCC24)C1. The standard InChI is InChI=1S/C28H34O6/c1-14-12-21(32-23(30)15(14)2)26(4)19-8-7-18-16-13-22-28(33-22)10-5-6-20(29)25(28,3)17(16)9-11-27(18,19)24(31)34-26/h5-6,16-19,21-22H,7-13H2,1-4H3/t16?,17?,18?,19?,21?,22?,25-,26?,27?,28?/m0/s1. The Morgan fingerprint density at radius 2 is 1.79 bits per heavy atom. The molecule has 6 nitrogen and oxygen atoms in total. The van der Waals surface area contributed by atoms with E-state index in [9.17, 15) is 14.4 Å². The van der Waals surface area contributed by atoms with Crippen molar-refractivity contribution < 1.29 is 28.6 Å². The van der Waals surface area contributed by atoms with Crippen LogP contribution in [0, 0.1) is 34.5 Å². The van der Waals surface area contributed by atoms with Crippen LogP contribution in [0.4, 0.5) is 0 Å². The van der Waals surface area contributed by atoms with Gasteiger partial charge in [-0.2, -0.15) is 0 Å². The summed E-state index contributed by atoms with van der Waals surface area (Å²) in [4.78, 5) is 39.6. The molecular weight excluding hydrogens is 432 g/mol. The van der Waals surface area contributed by atoms with Gasteiger partial charge in [0, 0.05) is 17.9 Å². The number of ketones is 1. The molecule has 0 radical (unpaired) electrons. The molecule has 0 aromatic rings. The zero-order valence-corrected chi connectivity index (χ0v) is 20.5. The summed E-state index contributed by atoms with van der Waals surface area (Å²) in [7, 11) is 0. The third-order valence-corrected chi connectivity index (χ3v) is 11.8. The van der Waals surface area contributed by atoms with E-state index in [4.69, 9.17) is 14.2 Å². The van der Waals surface area contributed by atoms with Crippen LogP contribution in [0.2, 0.25) is 0 Å². The van der Waals surface area contributed by atoms with Crippen molar-refractivity contribution in [3.05, 3.63) is 23.3 Å². The lowest BCUT2D eigenvalue weighted by Crippen LogP contribution is -2.60. The lowest BCUT2D eigenvalue weighted by molar-refractivity contribution is -0.178. The van der Waals surface area contributed by atoms with E-state index in [0.29, 0.717) is 12.0 Å². The fraction of sp³-hybridized carbons (Fsp3) is 0.750. The molecule has 7 aliphatic rings. The van der Waals surface area contributed by atoms with E-state index >= 15 is 0 Å². The first-order valence-electron chi connectivity index (χ1n) is 13.1. The van der Waals surface area contributed by atoms with E-state index < -0.39 is 22.5 Å². The van der Waals surface area contributed by atoms with E-state index in [2.05, 4.69) is 6.92 Å². The number of hydrogen-bond donors (Lipinski definition) is 0. The summed E-state index contributed by atoms with van der Waals surface area (Å²) in [6.07, 6.45) is 9.25. The van der Waals surface area contributed by atoms with Gasteiger partial charge in [0.15, 0.2) is 11.4 Å². The summed E-state index contributed by atoms with van der Waals surface area (Å²) in [6.45, 7) is 7.91. The molecule has 2 spiro atoms. The molecule has 4 aliphatic carbocycles. The molecule has 5 fully saturated rings. The number of carbonyl (C=O) groups excluding carboxylic acids is 3. The Bertz CT molecular complexity index is 1100. The molecule has 0 amide bonds. The highest BCUT2D eigenvalue weighted by Gasteiger charge is 2.80. The molecule has 0 aromatic heterocycles. The maximum absolute atomic E-state index is 13.8. The van der Waals surface area contributed by atoms with Crippen LogP contribution in [0.25, 0.3) is 0 Å². The average Bonchev–Trinajstić information content (AvgIpc) is 3.26. The number of fused-ring (bicyclic) bond motifs is 3. The maximum Gasteiger partial charge on any atom is 0.334 e. The van der Waals surface area contributed by atoms with Gasteiger partial charge in [-0.05, 0) is 90.0 Å². The number of carbonyl (C=O) groups is 3. The third-order valence-electron chi connectivity index (χ3n) is 11.8. The van der Waals surface area contributed by atoms with Crippen LogP contribution in [0.5, 0.6) is 0 Å². The molecule has 6 heteroatoms. The predicted octanol–water partition coefficient (Wildman–Crippen LogP) is 4.07. The lowest BCUT2D eigenvalue weighted by atomic mass is 9.44. The number of epoxide rings is 1. The fourth-order valence-corrected chi connectivity index (χ4v) is 9.82. The second-order valence-electron chi connectivity index (χ2n) is 12.6. The van der Waals surface area contributed by atoms with Crippen LogP contribution in [0.3, 0.4) is 0 Å². The molecule has 3 saturated carbocycles. The Morgan fingerprint density at radius 3 is 2.56 bits per heavy atom. The number of ether oxygens (including phenoxy) is 3. The molecule has 34 heavy (non-hydrogen) atoms. The highest BCUT2D eigenvalue weighted by Crippen LogP contribution is 2.75. The zero-order valence-electron chi connectivity index (χ0n) is 20.5. The summed E-state index contributed by atoms with van der Waals surface area (Å²) in [5.41, 5.74) is -0.490. The summed E-state index contributed by atoms with van der Waals surface area (Å²) in [5, 5.41) is 0. The molecule has 3 heterocycles. The van der Waals surface area contributed by atoms with Crippen molar-refractivity contribution in [3.63, 3.8) is 0 Å². The Labute approximate surface area is 200 Å². The van der Waals surface area contributed by atoms with E-state index in [-0.39, 0.29) is 53.1 Å². The molecule has 7 rings (SSSR count). The van der Waals surface area contributed by atoms with Crippen molar-refractivity contribution >= 4 is 17.7 Å². The lowest BCUT2D eigenvalue weighted by Gasteiger charge is -2.56. The first-order chi connectivity index (χ1) is 16.1. The highest BCUT2D eigenvalue weighted by atomic mass is 16.6. The molecule has 9 unspecified atom stereocenters. The minimum absolute atomic E-state index is 0.0315. The van der Waals surface area contributed by atoms with Gasteiger partial charge < -0.3 is 14.2 Å². The van der Waals surface area contributed by atoms with Crippen molar-refractivity contribution in [3.8, 4) is 0 Å². The zero-order chi connectivity index (χ0) is 23.8. The van der Waals surface area contributed by atoms with E-state index in [1.54, 1.807) is 13.0 Å². The van der Waals surface area contributed by atoms with Crippen LogP contribution < -0.4 is 0 Å². The van der Waals surface area contributed by atoms with Crippen LogP contribution in [-0.2, 0) is 28.6 Å². The largest absolute Gasteiger partial charge is 0.455 e. The second-order valence-corrected chi connectivity index (χ2v) is 12.6. The summed E-state index contributed by atoms with van der Waals surface area (Å²) >= 11 is 0. The van der Waals surface area contributed by atoms with Gasteiger partial charge in [-0.3, -0.25) is 9.59 Å². The molecule has 2 saturated heterocycles. The van der Waals surface area contributed by atoms with Crippen molar-refractivity contribution in [2.75, 3.05) is 0 Å². The van der Waals surface area contributed by atoms with E-state index in [0.717, 1.165) is 44.1 Å². The fourth-order valence-electron chi connectivity index (χ4n) is 9.82. The van der Waals surface area contributed by atoms with Crippen LogP contribution in [-0.4, -0.2) is 41.1 Å². The molecule has 10 atom stereocenters. The maximum atomic E-state index is 13.8. The number of esters is 2. The Hall–Kier alpha value is -1.95. The van der Waals surface area contributed by atoms with Crippen molar-refractivity contribution in [2.24, 2.45) is 34.5 Å². The molecule has 0 N–H and O–H groups in total. The van der Waals surface area contributed by atoms with Gasteiger partial charge in [0.25, 0.3) is 0 Å². The number of rotatable bonds is 1. The monoisotopic (exact) mass is 466 g/mol. The first kappa shape index (κ1) is 21.3. The minimum atomic E-state index is -0.807. The molecule has 0 bridgehead atoms. The summed E-state index contributed by atoms with van der Waals surface area (Å²) in [6, 6.07) is 0. The average molecular weight is 467 g/mol. The first-order valence-corrected chi connectivity index (χ1v) is 13.1. The molecule has 0 aromatic carbocycles. The van der Waals surface area contributed by atoms with Crippen LogP contribution in [0.1, 0.15) is 72.6 Å².